The first kappa shape index (κ1) is 13.1. The molecule has 4 heteroatoms. The van der Waals surface area contributed by atoms with Crippen LogP contribution in [0.15, 0.2) is 0 Å². The Bertz CT molecular complexity index is 123. The summed E-state index contributed by atoms with van der Waals surface area (Å²) in [6, 6.07) is 0. The van der Waals surface area contributed by atoms with E-state index in [2.05, 4.69) is 6.92 Å². The van der Waals surface area contributed by atoms with Crippen LogP contribution in [0.1, 0.15) is 26.2 Å². The average Bonchev–Trinajstić information content (AvgIpc) is 1.60. The van der Waals surface area contributed by atoms with Crippen LogP contribution >= 0.6 is 0 Å². The van der Waals surface area contributed by atoms with Crippen molar-refractivity contribution in [2.75, 3.05) is 0 Å². The summed E-state index contributed by atoms with van der Waals surface area (Å²) in [6.45, 7) is 2.05. The molecule has 3 nitrogen and oxygen atoms in total. The largest absolute Gasteiger partial charge is 1.00 e. The summed E-state index contributed by atoms with van der Waals surface area (Å²) in [5.41, 5.74) is 5.40. The van der Waals surface area contributed by atoms with Gasteiger partial charge in [0.1, 0.15) is 0 Å². The molecule has 0 unspecified atom stereocenters. The minimum atomic E-state index is 0. The Labute approximate surface area is 83.5 Å². The molecule has 1 aliphatic rings. The number of amidine groups is 1. The van der Waals surface area contributed by atoms with E-state index in [4.69, 9.17) is 11.1 Å². The van der Waals surface area contributed by atoms with Crippen LogP contribution < -0.4 is 35.3 Å². The molecule has 0 saturated heterocycles. The average molecular weight is 152 g/mol. The van der Waals surface area contributed by atoms with Crippen LogP contribution in [0, 0.1) is 10.8 Å². The van der Waals surface area contributed by atoms with Gasteiger partial charge in [0.2, 0.25) is 0 Å². The SMILES string of the molecule is CC1(C(=N)N)CCC1.[Na+].[OH-]. The van der Waals surface area contributed by atoms with E-state index in [-0.39, 0.29) is 40.4 Å². The molecule has 4 N–H and O–H groups in total. The van der Waals surface area contributed by atoms with E-state index in [0.29, 0.717) is 5.84 Å². The summed E-state index contributed by atoms with van der Waals surface area (Å²) in [6.07, 6.45) is 3.47. The standard InChI is InChI=1S/C6H12N2.Na.H2O/c1-6(5(7)8)3-2-4-6;;/h2-4H2,1H3,(H3,7,8);;1H2/q;+1;/p-1. The normalized spacial score (nSPS) is 19.3. The number of nitrogens with one attached hydrogen (secondary N) is 1. The van der Waals surface area contributed by atoms with Crippen molar-refractivity contribution in [3.8, 4) is 0 Å². The van der Waals surface area contributed by atoms with E-state index in [9.17, 15) is 0 Å². The Morgan fingerprint density at radius 1 is 1.50 bits per heavy atom. The third-order valence-corrected chi connectivity index (χ3v) is 2.11. The summed E-state index contributed by atoms with van der Waals surface area (Å²) in [5.74, 6) is 0.365. The molecular weight excluding hydrogens is 139 g/mol. The summed E-state index contributed by atoms with van der Waals surface area (Å²) in [4.78, 5) is 0. The van der Waals surface area contributed by atoms with Gasteiger partial charge >= 0.3 is 29.6 Å². The molecule has 0 aliphatic heterocycles. The predicted octanol–water partition coefficient (Wildman–Crippen LogP) is -2.06. The summed E-state index contributed by atoms with van der Waals surface area (Å²) in [5, 5.41) is 7.13. The second kappa shape index (κ2) is 4.34. The zero-order valence-electron chi connectivity index (χ0n) is 6.65. The molecule has 1 fully saturated rings. The van der Waals surface area contributed by atoms with Gasteiger partial charge in [-0.25, -0.2) is 0 Å². The molecular formula is C6H13N2NaO. The van der Waals surface area contributed by atoms with Crippen LogP contribution in [0.25, 0.3) is 0 Å². The quantitative estimate of drug-likeness (QED) is 0.257. The molecule has 0 heterocycles. The fourth-order valence-electron chi connectivity index (χ4n) is 0.976. The molecule has 10 heavy (non-hydrogen) atoms. The second-order valence-electron chi connectivity index (χ2n) is 2.83. The van der Waals surface area contributed by atoms with Crippen molar-refractivity contribution in [3.05, 3.63) is 0 Å². The van der Waals surface area contributed by atoms with Crippen molar-refractivity contribution >= 4 is 5.84 Å². The predicted molar refractivity (Wildman–Crippen MR) is 35.8 cm³/mol. The molecule has 0 bridgehead atoms. The number of hydrogen-bond donors (Lipinski definition) is 2. The Kier molecular flexibility index (Phi) is 5.66. The van der Waals surface area contributed by atoms with Crippen LogP contribution in [0.4, 0.5) is 0 Å². The molecule has 0 aromatic heterocycles. The number of rotatable bonds is 1. The third kappa shape index (κ3) is 2.23. The van der Waals surface area contributed by atoms with Gasteiger partial charge < -0.3 is 11.2 Å². The Morgan fingerprint density at radius 2 is 1.90 bits per heavy atom. The van der Waals surface area contributed by atoms with Gasteiger partial charge in [-0.2, -0.15) is 0 Å². The van der Waals surface area contributed by atoms with Crippen molar-refractivity contribution in [3.63, 3.8) is 0 Å². The Morgan fingerprint density at radius 3 is 1.90 bits per heavy atom. The third-order valence-electron chi connectivity index (χ3n) is 2.11. The van der Waals surface area contributed by atoms with Crippen LogP contribution in [-0.2, 0) is 0 Å². The summed E-state index contributed by atoms with van der Waals surface area (Å²) < 4.78 is 0. The summed E-state index contributed by atoms with van der Waals surface area (Å²) >= 11 is 0. The van der Waals surface area contributed by atoms with Gasteiger partial charge in [-0.05, 0) is 12.8 Å². The fourth-order valence-corrected chi connectivity index (χ4v) is 0.976. The van der Waals surface area contributed by atoms with Crippen molar-refractivity contribution in [1.82, 2.24) is 0 Å². The molecule has 0 radical (unpaired) electrons. The maximum atomic E-state index is 7.13. The maximum Gasteiger partial charge on any atom is 1.00 e. The minimum Gasteiger partial charge on any atom is -0.870 e. The van der Waals surface area contributed by atoms with E-state index >= 15 is 0 Å². The summed E-state index contributed by atoms with van der Waals surface area (Å²) in [7, 11) is 0. The monoisotopic (exact) mass is 152 g/mol. The first-order valence-electron chi connectivity index (χ1n) is 3.00. The Hall–Kier alpha value is 0.430. The van der Waals surface area contributed by atoms with Crippen LogP contribution in [0.5, 0.6) is 0 Å². The zero-order chi connectivity index (χ0) is 6.20. The second-order valence-corrected chi connectivity index (χ2v) is 2.83. The van der Waals surface area contributed by atoms with Crippen molar-refractivity contribution in [2.45, 2.75) is 26.2 Å². The van der Waals surface area contributed by atoms with Crippen molar-refractivity contribution < 1.29 is 35.0 Å². The van der Waals surface area contributed by atoms with Gasteiger partial charge in [-0.15, -0.1) is 0 Å². The fraction of sp³-hybridized carbons (Fsp3) is 0.833. The van der Waals surface area contributed by atoms with E-state index in [1.807, 2.05) is 0 Å². The zero-order valence-corrected chi connectivity index (χ0v) is 8.65. The van der Waals surface area contributed by atoms with E-state index in [1.165, 1.54) is 6.42 Å². The molecule has 1 aliphatic carbocycles. The number of nitrogens with two attached hydrogens (primary N) is 1. The van der Waals surface area contributed by atoms with Gasteiger partial charge in [0, 0.05) is 5.41 Å². The molecule has 0 amide bonds. The van der Waals surface area contributed by atoms with Crippen molar-refractivity contribution in [2.24, 2.45) is 11.1 Å². The number of hydrogen-bond acceptors (Lipinski definition) is 2. The maximum absolute atomic E-state index is 7.13. The molecule has 54 valence electrons. The first-order chi connectivity index (χ1) is 3.65. The van der Waals surface area contributed by atoms with Crippen LogP contribution in [0.2, 0.25) is 0 Å². The van der Waals surface area contributed by atoms with Gasteiger partial charge in [0.05, 0.1) is 5.84 Å². The molecule has 0 aromatic rings. The molecule has 0 atom stereocenters. The first-order valence-corrected chi connectivity index (χ1v) is 3.00. The van der Waals surface area contributed by atoms with Crippen LogP contribution in [-0.4, -0.2) is 11.3 Å². The van der Waals surface area contributed by atoms with Gasteiger partial charge in [-0.3, -0.25) is 5.41 Å². The smallest absolute Gasteiger partial charge is 0.870 e. The minimum absolute atomic E-state index is 0. The van der Waals surface area contributed by atoms with E-state index in [0.717, 1.165) is 12.8 Å². The van der Waals surface area contributed by atoms with Gasteiger partial charge in [0.25, 0.3) is 0 Å². The van der Waals surface area contributed by atoms with E-state index in [1.54, 1.807) is 0 Å². The van der Waals surface area contributed by atoms with Gasteiger partial charge in [-0.1, -0.05) is 13.3 Å². The molecule has 1 saturated carbocycles. The van der Waals surface area contributed by atoms with Crippen molar-refractivity contribution in [1.29, 1.82) is 5.41 Å². The van der Waals surface area contributed by atoms with Gasteiger partial charge in [0.15, 0.2) is 0 Å². The van der Waals surface area contributed by atoms with E-state index < -0.39 is 0 Å². The molecule has 0 aromatic carbocycles. The Balaban J connectivity index is 0. The molecule has 0 spiro atoms. The van der Waals surface area contributed by atoms with Crippen LogP contribution in [0.3, 0.4) is 0 Å². The topological polar surface area (TPSA) is 79.9 Å². The molecule has 1 rings (SSSR count).